The molecule has 2 aliphatic rings. The van der Waals surface area contributed by atoms with Gasteiger partial charge in [-0.15, -0.1) is 0 Å². The molecule has 1 saturated carbocycles. The first-order valence-electron chi connectivity index (χ1n) is 8.10. The molecule has 22 heavy (non-hydrogen) atoms. The number of carbonyl (C=O) groups excluding carboxylic acids is 1. The summed E-state index contributed by atoms with van der Waals surface area (Å²) in [7, 11) is 0. The van der Waals surface area contributed by atoms with Gasteiger partial charge in [-0.3, -0.25) is 4.79 Å². The lowest BCUT2D eigenvalue weighted by molar-refractivity contribution is -0.126. The van der Waals surface area contributed by atoms with E-state index in [1.165, 1.54) is 6.42 Å². The van der Waals surface area contributed by atoms with Crippen molar-refractivity contribution < 1.29 is 4.79 Å². The van der Waals surface area contributed by atoms with Crippen LogP contribution >= 0.6 is 11.8 Å². The fraction of sp³-hybridized carbons (Fsp3) is 0.688. The van der Waals surface area contributed by atoms with Gasteiger partial charge in [-0.25, -0.2) is 9.97 Å². The Morgan fingerprint density at radius 1 is 1.27 bits per heavy atom. The van der Waals surface area contributed by atoms with Gasteiger partial charge in [-0.2, -0.15) is 0 Å². The summed E-state index contributed by atoms with van der Waals surface area (Å²) in [4.78, 5) is 23.5. The van der Waals surface area contributed by atoms with Crippen molar-refractivity contribution >= 4 is 23.5 Å². The van der Waals surface area contributed by atoms with Gasteiger partial charge in [-0.05, 0) is 45.3 Å². The summed E-state index contributed by atoms with van der Waals surface area (Å²) < 4.78 is 0. The van der Waals surface area contributed by atoms with E-state index in [1.54, 1.807) is 11.8 Å². The monoisotopic (exact) mass is 320 g/mol. The van der Waals surface area contributed by atoms with E-state index in [2.05, 4.69) is 20.2 Å². The van der Waals surface area contributed by atoms with E-state index in [9.17, 15) is 4.79 Å². The van der Waals surface area contributed by atoms with E-state index < -0.39 is 0 Å². The summed E-state index contributed by atoms with van der Waals surface area (Å²) in [5, 5.41) is 4.00. The molecule has 120 valence electrons. The molecule has 1 aliphatic carbocycles. The van der Waals surface area contributed by atoms with Crippen molar-refractivity contribution in [3.05, 3.63) is 11.8 Å². The molecule has 0 aromatic carbocycles. The highest BCUT2D eigenvalue weighted by Crippen LogP contribution is 2.25. The van der Waals surface area contributed by atoms with Crippen LogP contribution in [0, 0.1) is 12.8 Å². The number of nitrogens with one attached hydrogen (secondary N) is 1. The van der Waals surface area contributed by atoms with E-state index in [4.69, 9.17) is 0 Å². The van der Waals surface area contributed by atoms with Crippen molar-refractivity contribution in [1.82, 2.24) is 15.3 Å². The van der Waals surface area contributed by atoms with E-state index in [-0.39, 0.29) is 11.8 Å². The summed E-state index contributed by atoms with van der Waals surface area (Å²) in [6, 6.07) is 2.48. The molecular weight excluding hydrogens is 296 g/mol. The Bertz CT molecular complexity index is 539. The van der Waals surface area contributed by atoms with Gasteiger partial charge in [-0.1, -0.05) is 11.8 Å². The smallest absolute Gasteiger partial charge is 0.223 e. The zero-order chi connectivity index (χ0) is 15.5. The lowest BCUT2D eigenvalue weighted by Gasteiger charge is -2.34. The van der Waals surface area contributed by atoms with Crippen LogP contribution in [0.4, 0.5) is 5.82 Å². The highest BCUT2D eigenvalue weighted by atomic mass is 32.2. The number of rotatable bonds is 4. The van der Waals surface area contributed by atoms with Crippen molar-refractivity contribution in [1.29, 1.82) is 0 Å². The molecule has 5 nitrogen and oxygen atoms in total. The molecule has 1 aromatic heterocycles. The zero-order valence-electron chi connectivity index (χ0n) is 13.3. The largest absolute Gasteiger partial charge is 0.356 e. The number of aryl methyl sites for hydroxylation is 1. The fourth-order valence-corrected chi connectivity index (χ4v) is 3.44. The van der Waals surface area contributed by atoms with Gasteiger partial charge in [0.15, 0.2) is 5.16 Å². The zero-order valence-corrected chi connectivity index (χ0v) is 14.2. The van der Waals surface area contributed by atoms with Crippen LogP contribution in [-0.2, 0) is 4.79 Å². The molecule has 1 aliphatic heterocycles. The highest BCUT2D eigenvalue weighted by Gasteiger charge is 2.28. The summed E-state index contributed by atoms with van der Waals surface area (Å²) in [6.45, 7) is 3.80. The summed E-state index contributed by atoms with van der Waals surface area (Å²) in [5.74, 6) is 1.42. The number of thioether (sulfide) groups is 1. The molecule has 6 heteroatoms. The lowest BCUT2D eigenvalue weighted by Crippen LogP contribution is -2.46. The Hall–Kier alpha value is -1.30. The molecule has 0 unspecified atom stereocenters. The van der Waals surface area contributed by atoms with Crippen LogP contribution < -0.4 is 10.2 Å². The first kappa shape index (κ1) is 15.6. The van der Waals surface area contributed by atoms with Crippen LogP contribution in [0.25, 0.3) is 0 Å². The molecular formula is C16H24N4OS. The minimum Gasteiger partial charge on any atom is -0.356 e. The van der Waals surface area contributed by atoms with Crippen molar-refractivity contribution in [2.75, 3.05) is 24.2 Å². The van der Waals surface area contributed by atoms with Gasteiger partial charge >= 0.3 is 0 Å². The minimum absolute atomic E-state index is 0.166. The molecule has 1 amide bonds. The number of nitrogens with zero attached hydrogens (tertiary/aromatic N) is 3. The molecule has 1 saturated heterocycles. The number of hydrogen-bond acceptors (Lipinski definition) is 5. The van der Waals surface area contributed by atoms with Crippen molar-refractivity contribution in [2.24, 2.45) is 5.92 Å². The maximum Gasteiger partial charge on any atom is 0.223 e. The van der Waals surface area contributed by atoms with Crippen molar-refractivity contribution in [3.8, 4) is 0 Å². The molecule has 0 bridgehead atoms. The van der Waals surface area contributed by atoms with Crippen LogP contribution in [0.1, 0.15) is 37.8 Å². The van der Waals surface area contributed by atoms with Gasteiger partial charge in [0.2, 0.25) is 5.91 Å². The molecule has 0 radical (unpaired) electrons. The highest BCUT2D eigenvalue weighted by molar-refractivity contribution is 7.98. The van der Waals surface area contributed by atoms with E-state index >= 15 is 0 Å². The van der Waals surface area contributed by atoms with Crippen LogP contribution in [0.5, 0.6) is 0 Å². The quantitative estimate of drug-likeness (QED) is 0.682. The second-order valence-electron chi connectivity index (χ2n) is 6.25. The third-order valence-corrected chi connectivity index (χ3v) is 5.19. The van der Waals surface area contributed by atoms with Crippen LogP contribution in [0.2, 0.25) is 0 Å². The van der Waals surface area contributed by atoms with Gasteiger partial charge < -0.3 is 10.2 Å². The number of aromatic nitrogens is 2. The standard InChI is InChI=1S/C16H24N4OS/c1-11-10-14(19-16(17-11)22-2)20-8-6-12(7-9-20)15(21)18-13-4-3-5-13/h10,12-13H,3-9H2,1-2H3,(H,18,21). The molecule has 3 rings (SSSR count). The normalized spacial score (nSPS) is 19.8. The predicted molar refractivity (Wildman–Crippen MR) is 89.3 cm³/mol. The third-order valence-electron chi connectivity index (χ3n) is 4.64. The number of anilines is 1. The lowest BCUT2D eigenvalue weighted by atomic mass is 9.90. The number of hydrogen-bond donors (Lipinski definition) is 1. The van der Waals surface area contributed by atoms with Crippen LogP contribution in [0.3, 0.4) is 0 Å². The van der Waals surface area contributed by atoms with Gasteiger partial charge in [0.25, 0.3) is 0 Å². The summed E-state index contributed by atoms with van der Waals surface area (Å²) in [5.41, 5.74) is 0.999. The maximum absolute atomic E-state index is 12.2. The number of piperidine rings is 1. The Labute approximate surface area is 136 Å². The average Bonchev–Trinajstić information content (AvgIpc) is 2.50. The molecule has 0 spiro atoms. The molecule has 1 aromatic rings. The van der Waals surface area contributed by atoms with Gasteiger partial charge in [0.05, 0.1) is 0 Å². The van der Waals surface area contributed by atoms with Gasteiger partial charge in [0.1, 0.15) is 5.82 Å². The van der Waals surface area contributed by atoms with Gasteiger partial charge in [0, 0.05) is 36.8 Å². The predicted octanol–water partition coefficient (Wildman–Crippen LogP) is 2.39. The number of amides is 1. The van der Waals surface area contributed by atoms with Crippen molar-refractivity contribution in [2.45, 2.75) is 50.2 Å². The first-order chi connectivity index (χ1) is 10.7. The minimum atomic E-state index is 0.166. The SMILES string of the molecule is CSc1nc(C)cc(N2CCC(C(=O)NC3CCC3)CC2)n1. The van der Waals surface area contributed by atoms with E-state index in [1.807, 2.05) is 19.2 Å². The van der Waals surface area contributed by atoms with Crippen LogP contribution in [0.15, 0.2) is 11.2 Å². The Morgan fingerprint density at radius 3 is 2.59 bits per heavy atom. The number of carbonyl (C=O) groups is 1. The summed E-state index contributed by atoms with van der Waals surface area (Å²) in [6.07, 6.45) is 7.39. The van der Waals surface area contributed by atoms with Crippen molar-refractivity contribution in [3.63, 3.8) is 0 Å². The van der Waals surface area contributed by atoms with Crippen LogP contribution in [-0.4, -0.2) is 41.3 Å². The molecule has 1 N–H and O–H groups in total. The van der Waals surface area contributed by atoms with E-state index in [0.29, 0.717) is 6.04 Å². The Morgan fingerprint density at radius 2 is 2.00 bits per heavy atom. The first-order valence-corrected chi connectivity index (χ1v) is 9.33. The average molecular weight is 320 g/mol. The Balaban J connectivity index is 1.56. The van der Waals surface area contributed by atoms with E-state index in [0.717, 1.165) is 55.4 Å². The second kappa shape index (κ2) is 6.86. The summed E-state index contributed by atoms with van der Waals surface area (Å²) >= 11 is 1.57. The fourth-order valence-electron chi connectivity index (χ4n) is 3.02. The Kier molecular flexibility index (Phi) is 4.86. The third kappa shape index (κ3) is 3.54. The molecule has 0 atom stereocenters. The topological polar surface area (TPSA) is 58.1 Å². The molecule has 2 fully saturated rings. The second-order valence-corrected chi connectivity index (χ2v) is 7.03. The molecule has 2 heterocycles. The maximum atomic E-state index is 12.2.